The lowest BCUT2D eigenvalue weighted by molar-refractivity contribution is 0.262. The van der Waals surface area contributed by atoms with Crippen LogP contribution < -0.4 is 10.6 Å². The van der Waals surface area contributed by atoms with Crippen LogP contribution in [0, 0.1) is 6.92 Å². The lowest BCUT2D eigenvalue weighted by atomic mass is 10.2. The maximum Gasteiger partial charge on any atom is 0.323 e. The van der Waals surface area contributed by atoms with Crippen molar-refractivity contribution >= 4 is 29.0 Å². The van der Waals surface area contributed by atoms with Crippen molar-refractivity contribution < 1.29 is 4.79 Å². The fraction of sp³-hybridized carbons (Fsp3) is 0. The maximum absolute atomic E-state index is 11.7. The summed E-state index contributed by atoms with van der Waals surface area (Å²) in [6.45, 7) is 3.77. The van der Waals surface area contributed by atoms with Crippen LogP contribution in [0.15, 0.2) is 48.5 Å². The Kier molecular flexibility index (Phi) is 3.85. The van der Waals surface area contributed by atoms with Gasteiger partial charge >= 0.3 is 6.03 Å². The number of hydrogen-bond acceptors (Lipinski definition) is 1. The molecule has 4 heteroatoms. The van der Waals surface area contributed by atoms with Gasteiger partial charge in [-0.1, -0.05) is 35.9 Å². The molecule has 0 aliphatic carbocycles. The summed E-state index contributed by atoms with van der Waals surface area (Å²) < 4.78 is 0. The van der Waals surface area contributed by atoms with Gasteiger partial charge in [0.15, 0.2) is 0 Å². The molecule has 0 unspecified atom stereocenters. The minimum absolute atomic E-state index is 0.333. The van der Waals surface area contributed by atoms with Gasteiger partial charge in [0.05, 0.1) is 10.7 Å². The number of hydrogen-bond donors (Lipinski definition) is 2. The van der Waals surface area contributed by atoms with E-state index in [1.54, 1.807) is 36.4 Å². The Hall–Kier alpha value is -2.00. The van der Waals surface area contributed by atoms with E-state index in [0.29, 0.717) is 16.4 Å². The van der Waals surface area contributed by atoms with E-state index in [1.807, 2.05) is 12.1 Å². The van der Waals surface area contributed by atoms with Crippen molar-refractivity contribution in [1.82, 2.24) is 0 Å². The van der Waals surface area contributed by atoms with E-state index in [0.717, 1.165) is 5.56 Å². The van der Waals surface area contributed by atoms with Crippen molar-refractivity contribution in [3.05, 3.63) is 66.0 Å². The summed E-state index contributed by atoms with van der Waals surface area (Å²) in [7, 11) is 0. The SMILES string of the molecule is [CH2]c1ccc(NC(=O)Nc2ccccc2Cl)cc1. The molecule has 91 valence electrons. The normalized spacial score (nSPS) is 9.89. The zero-order valence-electron chi connectivity index (χ0n) is 9.61. The molecule has 0 spiro atoms. The van der Waals surface area contributed by atoms with Gasteiger partial charge in [0.2, 0.25) is 0 Å². The van der Waals surface area contributed by atoms with Gasteiger partial charge in [-0.25, -0.2) is 4.79 Å². The Balaban J connectivity index is 2.01. The summed E-state index contributed by atoms with van der Waals surface area (Å²) in [6.07, 6.45) is 0. The number of carbonyl (C=O) groups excluding carboxylic acids is 1. The number of carbonyl (C=O) groups is 1. The highest BCUT2D eigenvalue weighted by Crippen LogP contribution is 2.20. The second kappa shape index (κ2) is 5.56. The molecular formula is C14H12ClN2O. The number of halogens is 1. The van der Waals surface area contributed by atoms with Gasteiger partial charge in [0, 0.05) is 5.69 Å². The van der Waals surface area contributed by atoms with Crippen LogP contribution in [0.1, 0.15) is 5.56 Å². The lowest BCUT2D eigenvalue weighted by Crippen LogP contribution is -2.19. The Morgan fingerprint density at radius 1 is 1.00 bits per heavy atom. The van der Waals surface area contributed by atoms with Crippen molar-refractivity contribution in [3.8, 4) is 0 Å². The van der Waals surface area contributed by atoms with Crippen LogP contribution in [0.3, 0.4) is 0 Å². The minimum Gasteiger partial charge on any atom is -0.308 e. The fourth-order valence-corrected chi connectivity index (χ4v) is 1.62. The molecule has 1 radical (unpaired) electrons. The first-order chi connectivity index (χ1) is 8.65. The molecule has 2 N–H and O–H groups in total. The summed E-state index contributed by atoms with van der Waals surface area (Å²) in [5.74, 6) is 0. The maximum atomic E-state index is 11.7. The zero-order chi connectivity index (χ0) is 13.0. The van der Waals surface area contributed by atoms with Crippen LogP contribution in [-0.4, -0.2) is 6.03 Å². The molecule has 0 fully saturated rings. The van der Waals surface area contributed by atoms with Gasteiger partial charge in [0.25, 0.3) is 0 Å². The number of amides is 2. The predicted octanol–water partition coefficient (Wildman–Crippen LogP) is 4.17. The molecule has 0 saturated heterocycles. The van der Waals surface area contributed by atoms with Crippen LogP contribution in [-0.2, 0) is 0 Å². The van der Waals surface area contributed by atoms with Crippen LogP contribution in [0.25, 0.3) is 0 Å². The van der Waals surface area contributed by atoms with Crippen molar-refractivity contribution in [2.24, 2.45) is 0 Å². The third-order valence-electron chi connectivity index (χ3n) is 2.33. The lowest BCUT2D eigenvalue weighted by Gasteiger charge is -2.08. The molecule has 0 aromatic heterocycles. The smallest absolute Gasteiger partial charge is 0.308 e. The van der Waals surface area contributed by atoms with Crippen molar-refractivity contribution in [2.75, 3.05) is 10.6 Å². The van der Waals surface area contributed by atoms with E-state index in [-0.39, 0.29) is 6.03 Å². The van der Waals surface area contributed by atoms with Crippen LogP contribution in [0.2, 0.25) is 5.02 Å². The second-order valence-corrected chi connectivity index (χ2v) is 4.16. The van der Waals surface area contributed by atoms with E-state index in [2.05, 4.69) is 17.6 Å². The first-order valence-corrected chi connectivity index (χ1v) is 5.77. The molecule has 2 aromatic rings. The Labute approximate surface area is 111 Å². The third-order valence-corrected chi connectivity index (χ3v) is 2.66. The Morgan fingerprint density at radius 3 is 2.33 bits per heavy atom. The molecule has 0 heterocycles. The van der Waals surface area contributed by atoms with Crippen molar-refractivity contribution in [3.63, 3.8) is 0 Å². The summed E-state index contributed by atoms with van der Waals surface area (Å²) in [5.41, 5.74) is 2.17. The van der Waals surface area contributed by atoms with Gasteiger partial charge in [-0.3, -0.25) is 0 Å². The highest BCUT2D eigenvalue weighted by Gasteiger charge is 2.04. The number of anilines is 2. The topological polar surface area (TPSA) is 41.1 Å². The van der Waals surface area contributed by atoms with Crippen LogP contribution in [0.4, 0.5) is 16.2 Å². The Bertz CT molecular complexity index is 552. The van der Waals surface area contributed by atoms with Crippen molar-refractivity contribution in [1.29, 1.82) is 0 Å². The summed E-state index contributed by atoms with van der Waals surface area (Å²) in [5, 5.41) is 5.88. The highest BCUT2D eigenvalue weighted by atomic mass is 35.5. The van der Waals surface area contributed by atoms with Gasteiger partial charge in [-0.2, -0.15) is 0 Å². The molecule has 2 aromatic carbocycles. The first-order valence-electron chi connectivity index (χ1n) is 5.40. The summed E-state index contributed by atoms with van der Waals surface area (Å²) in [6, 6.07) is 14.0. The van der Waals surface area contributed by atoms with Gasteiger partial charge in [-0.15, -0.1) is 0 Å². The summed E-state index contributed by atoms with van der Waals surface area (Å²) in [4.78, 5) is 11.7. The van der Waals surface area contributed by atoms with Gasteiger partial charge in [-0.05, 0) is 36.8 Å². The number of rotatable bonds is 2. The standard InChI is InChI=1S/C14H12ClN2O/c1-10-6-8-11(9-7-10)16-14(18)17-13-5-3-2-4-12(13)15/h2-9H,1H2,(H2,16,17,18). The third kappa shape index (κ3) is 3.25. The highest BCUT2D eigenvalue weighted by molar-refractivity contribution is 6.33. The minimum atomic E-state index is -0.333. The molecule has 0 atom stereocenters. The van der Waals surface area contributed by atoms with E-state index in [1.165, 1.54) is 0 Å². The molecule has 2 rings (SSSR count). The molecule has 0 aliphatic rings. The molecule has 18 heavy (non-hydrogen) atoms. The van der Waals surface area contributed by atoms with E-state index < -0.39 is 0 Å². The van der Waals surface area contributed by atoms with Crippen molar-refractivity contribution in [2.45, 2.75) is 0 Å². The largest absolute Gasteiger partial charge is 0.323 e. The first kappa shape index (κ1) is 12.5. The second-order valence-electron chi connectivity index (χ2n) is 3.76. The zero-order valence-corrected chi connectivity index (χ0v) is 10.4. The average molecular weight is 260 g/mol. The number of urea groups is 1. The Morgan fingerprint density at radius 2 is 1.67 bits per heavy atom. The van der Waals surface area contributed by atoms with Gasteiger partial charge in [0.1, 0.15) is 0 Å². The van der Waals surface area contributed by atoms with E-state index in [9.17, 15) is 4.79 Å². The number of benzene rings is 2. The molecule has 2 amide bonds. The van der Waals surface area contributed by atoms with E-state index >= 15 is 0 Å². The monoisotopic (exact) mass is 259 g/mol. The van der Waals surface area contributed by atoms with Crippen LogP contribution in [0.5, 0.6) is 0 Å². The molecular weight excluding hydrogens is 248 g/mol. The molecule has 0 saturated carbocycles. The fourth-order valence-electron chi connectivity index (χ4n) is 1.44. The average Bonchev–Trinajstić information content (AvgIpc) is 2.35. The van der Waals surface area contributed by atoms with Gasteiger partial charge < -0.3 is 10.6 Å². The predicted molar refractivity (Wildman–Crippen MR) is 75.0 cm³/mol. The number of para-hydroxylation sites is 1. The summed E-state index contributed by atoms with van der Waals surface area (Å²) >= 11 is 5.94. The molecule has 0 aliphatic heterocycles. The molecule has 0 bridgehead atoms. The quantitative estimate of drug-likeness (QED) is 0.835. The van der Waals surface area contributed by atoms with E-state index in [4.69, 9.17) is 11.6 Å². The van der Waals surface area contributed by atoms with Crippen LogP contribution >= 0.6 is 11.6 Å². The number of nitrogens with one attached hydrogen (secondary N) is 2. The molecule has 3 nitrogen and oxygen atoms in total.